The average Bonchev–Trinajstić information content (AvgIpc) is 2.73. The zero-order valence-corrected chi connectivity index (χ0v) is 10.1. The van der Waals surface area contributed by atoms with Gasteiger partial charge in [0.1, 0.15) is 0 Å². The predicted octanol–water partition coefficient (Wildman–Crippen LogP) is 1.36. The van der Waals surface area contributed by atoms with Crippen LogP contribution >= 0.6 is 0 Å². The normalized spacial score (nSPS) is 35.0. The Morgan fingerprint density at radius 2 is 2.17 bits per heavy atom. The van der Waals surface area contributed by atoms with Crippen LogP contribution in [0, 0.1) is 5.92 Å². The third kappa shape index (κ3) is 3.34. The van der Waals surface area contributed by atoms with E-state index in [1.807, 2.05) is 0 Å². The van der Waals surface area contributed by atoms with Gasteiger partial charge in [-0.05, 0) is 18.8 Å². The van der Waals surface area contributed by atoms with Gasteiger partial charge in [-0.3, -0.25) is 11.3 Å². The zero-order chi connectivity index (χ0) is 13.2. The number of halogens is 3. The SMILES string of the molecule is NNC(CC(F)(F)F)C1CCOC2(CCOC2)C1. The van der Waals surface area contributed by atoms with Crippen molar-refractivity contribution in [3.8, 4) is 0 Å². The summed E-state index contributed by atoms with van der Waals surface area (Å²) >= 11 is 0. The highest BCUT2D eigenvalue weighted by Gasteiger charge is 2.44. The molecule has 18 heavy (non-hydrogen) atoms. The molecule has 0 amide bonds. The van der Waals surface area contributed by atoms with Gasteiger partial charge in [0.05, 0.1) is 18.6 Å². The molecule has 0 aromatic heterocycles. The van der Waals surface area contributed by atoms with E-state index in [4.69, 9.17) is 15.3 Å². The second-order valence-electron chi connectivity index (χ2n) is 5.18. The summed E-state index contributed by atoms with van der Waals surface area (Å²) in [6, 6.07) is -0.744. The molecule has 2 rings (SSSR count). The van der Waals surface area contributed by atoms with Gasteiger partial charge < -0.3 is 9.47 Å². The molecule has 7 heteroatoms. The summed E-state index contributed by atoms with van der Waals surface area (Å²) in [6.07, 6.45) is -3.16. The van der Waals surface area contributed by atoms with Gasteiger partial charge in [0.2, 0.25) is 0 Å². The number of hydrogen-bond donors (Lipinski definition) is 2. The Bertz CT molecular complexity index is 280. The number of nitrogens with two attached hydrogens (primary N) is 1. The minimum Gasteiger partial charge on any atom is -0.378 e. The third-order valence-corrected chi connectivity index (χ3v) is 3.83. The summed E-state index contributed by atoms with van der Waals surface area (Å²) in [4.78, 5) is 0. The lowest BCUT2D eigenvalue weighted by atomic mass is 9.80. The Hall–Kier alpha value is -0.370. The molecule has 2 saturated heterocycles. The fourth-order valence-corrected chi connectivity index (χ4v) is 2.88. The van der Waals surface area contributed by atoms with Gasteiger partial charge in [-0.1, -0.05) is 0 Å². The minimum absolute atomic E-state index is 0.118. The van der Waals surface area contributed by atoms with Crippen molar-refractivity contribution in [3.63, 3.8) is 0 Å². The van der Waals surface area contributed by atoms with E-state index >= 15 is 0 Å². The summed E-state index contributed by atoms with van der Waals surface area (Å²) in [5.41, 5.74) is 1.93. The highest BCUT2D eigenvalue weighted by Crippen LogP contribution is 2.38. The second kappa shape index (κ2) is 5.32. The molecular weight excluding hydrogens is 249 g/mol. The maximum absolute atomic E-state index is 12.5. The van der Waals surface area contributed by atoms with Crippen molar-refractivity contribution in [2.45, 2.75) is 43.5 Å². The first-order valence-electron chi connectivity index (χ1n) is 6.19. The number of nitrogens with one attached hydrogen (secondary N) is 1. The summed E-state index contributed by atoms with van der Waals surface area (Å²) in [5.74, 6) is 5.16. The largest absolute Gasteiger partial charge is 0.390 e. The van der Waals surface area contributed by atoms with Crippen molar-refractivity contribution in [1.82, 2.24) is 5.43 Å². The first-order chi connectivity index (χ1) is 8.44. The topological polar surface area (TPSA) is 56.5 Å². The Morgan fingerprint density at radius 3 is 2.72 bits per heavy atom. The maximum Gasteiger partial charge on any atom is 0.390 e. The van der Waals surface area contributed by atoms with Gasteiger partial charge in [0.25, 0.3) is 0 Å². The third-order valence-electron chi connectivity index (χ3n) is 3.83. The van der Waals surface area contributed by atoms with E-state index in [1.165, 1.54) is 0 Å². The number of hydrazine groups is 1. The number of rotatable bonds is 3. The molecule has 0 aromatic carbocycles. The smallest absolute Gasteiger partial charge is 0.378 e. The summed E-state index contributed by atoms with van der Waals surface area (Å²) in [6.45, 7) is 1.57. The minimum atomic E-state index is -4.20. The maximum atomic E-state index is 12.5. The van der Waals surface area contributed by atoms with Gasteiger partial charge in [-0.2, -0.15) is 13.2 Å². The molecule has 1 spiro atoms. The van der Waals surface area contributed by atoms with E-state index in [0.29, 0.717) is 32.7 Å². The molecule has 4 nitrogen and oxygen atoms in total. The first-order valence-corrected chi connectivity index (χ1v) is 6.19. The predicted molar refractivity (Wildman–Crippen MR) is 58.6 cm³/mol. The average molecular weight is 268 g/mol. The van der Waals surface area contributed by atoms with Crippen LogP contribution in [0.25, 0.3) is 0 Å². The molecule has 3 N–H and O–H groups in total. The van der Waals surface area contributed by atoms with E-state index in [0.717, 1.165) is 6.42 Å². The van der Waals surface area contributed by atoms with Crippen molar-refractivity contribution >= 4 is 0 Å². The van der Waals surface area contributed by atoms with Crippen LogP contribution in [0.1, 0.15) is 25.7 Å². The molecule has 3 atom stereocenters. The van der Waals surface area contributed by atoms with Crippen LogP contribution in [-0.2, 0) is 9.47 Å². The van der Waals surface area contributed by atoms with Crippen LogP contribution in [0.3, 0.4) is 0 Å². The lowest BCUT2D eigenvalue weighted by molar-refractivity contribution is -0.152. The van der Waals surface area contributed by atoms with Crippen molar-refractivity contribution in [3.05, 3.63) is 0 Å². The molecule has 2 aliphatic rings. The molecular formula is C11H19F3N2O2. The monoisotopic (exact) mass is 268 g/mol. The van der Waals surface area contributed by atoms with Crippen LogP contribution in [0.15, 0.2) is 0 Å². The molecule has 2 heterocycles. The van der Waals surface area contributed by atoms with Crippen LogP contribution in [0.4, 0.5) is 13.2 Å². The van der Waals surface area contributed by atoms with E-state index in [1.54, 1.807) is 0 Å². The van der Waals surface area contributed by atoms with Gasteiger partial charge in [0.15, 0.2) is 0 Å². The molecule has 0 aliphatic carbocycles. The van der Waals surface area contributed by atoms with Crippen molar-refractivity contribution in [1.29, 1.82) is 0 Å². The Labute approximate surface area is 104 Å². The van der Waals surface area contributed by atoms with Gasteiger partial charge >= 0.3 is 6.18 Å². The lowest BCUT2D eigenvalue weighted by Gasteiger charge is -2.40. The highest BCUT2D eigenvalue weighted by atomic mass is 19.4. The van der Waals surface area contributed by atoms with E-state index in [2.05, 4.69) is 5.43 Å². The molecule has 106 valence electrons. The number of hydrogen-bond acceptors (Lipinski definition) is 4. The first kappa shape index (κ1) is 14.0. The Balaban J connectivity index is 1.98. The van der Waals surface area contributed by atoms with Crippen LogP contribution in [0.5, 0.6) is 0 Å². The fraction of sp³-hybridized carbons (Fsp3) is 1.00. The Kier molecular flexibility index (Phi) is 4.15. The number of ether oxygens (including phenoxy) is 2. The highest BCUT2D eigenvalue weighted by molar-refractivity contribution is 4.93. The summed E-state index contributed by atoms with van der Waals surface area (Å²) in [7, 11) is 0. The number of alkyl halides is 3. The molecule has 0 bridgehead atoms. The van der Waals surface area contributed by atoms with E-state index < -0.39 is 18.6 Å². The molecule has 0 aromatic rings. The van der Waals surface area contributed by atoms with Crippen LogP contribution in [-0.4, -0.2) is 37.6 Å². The van der Waals surface area contributed by atoms with E-state index in [9.17, 15) is 13.2 Å². The summed E-state index contributed by atoms with van der Waals surface area (Å²) in [5, 5.41) is 0. The molecule has 2 fully saturated rings. The second-order valence-corrected chi connectivity index (χ2v) is 5.18. The van der Waals surface area contributed by atoms with Crippen LogP contribution in [0.2, 0.25) is 0 Å². The van der Waals surface area contributed by atoms with Crippen molar-refractivity contribution < 1.29 is 22.6 Å². The standard InChI is InChI=1S/C11H19F3N2O2/c12-11(13,14)6-9(16-15)8-1-3-18-10(5-8)2-4-17-7-10/h8-9,16H,1-7,15H2. The van der Waals surface area contributed by atoms with Gasteiger partial charge in [-0.15, -0.1) is 0 Å². The van der Waals surface area contributed by atoms with Gasteiger partial charge in [0, 0.05) is 25.7 Å². The van der Waals surface area contributed by atoms with Crippen molar-refractivity contribution in [2.24, 2.45) is 11.8 Å². The quantitative estimate of drug-likeness (QED) is 0.599. The Morgan fingerprint density at radius 1 is 1.39 bits per heavy atom. The molecule has 0 radical (unpaired) electrons. The summed E-state index contributed by atoms with van der Waals surface area (Å²) < 4.78 is 48.4. The van der Waals surface area contributed by atoms with E-state index in [-0.39, 0.29) is 11.5 Å². The molecule has 3 unspecified atom stereocenters. The van der Waals surface area contributed by atoms with Crippen LogP contribution < -0.4 is 11.3 Å². The van der Waals surface area contributed by atoms with Gasteiger partial charge in [-0.25, -0.2) is 0 Å². The lowest BCUT2D eigenvalue weighted by Crippen LogP contribution is -2.50. The molecule has 2 aliphatic heterocycles. The fourth-order valence-electron chi connectivity index (χ4n) is 2.88. The molecule has 0 saturated carbocycles. The van der Waals surface area contributed by atoms with Crippen molar-refractivity contribution in [2.75, 3.05) is 19.8 Å². The zero-order valence-electron chi connectivity index (χ0n) is 10.1.